The Kier molecular flexibility index (Phi) is 3.78. The van der Waals surface area contributed by atoms with Crippen LogP contribution < -0.4 is 5.73 Å². The summed E-state index contributed by atoms with van der Waals surface area (Å²) in [6, 6.07) is 4.63. The number of fused-ring (bicyclic) bond motifs is 1. The third-order valence-electron chi connectivity index (χ3n) is 2.32. The summed E-state index contributed by atoms with van der Waals surface area (Å²) in [5, 5.41) is 0.898. The third kappa shape index (κ3) is 2.53. The van der Waals surface area contributed by atoms with E-state index >= 15 is 0 Å². The molecule has 2 N–H and O–H groups in total. The van der Waals surface area contributed by atoms with Gasteiger partial charge in [0.15, 0.2) is 0 Å². The highest BCUT2D eigenvalue weighted by atomic mass is 32.2. The van der Waals surface area contributed by atoms with Crippen LogP contribution in [0.5, 0.6) is 0 Å². The van der Waals surface area contributed by atoms with Crippen LogP contribution in [-0.4, -0.2) is 17.0 Å². The topological polar surface area (TPSA) is 38.9 Å². The molecule has 0 saturated carbocycles. The molecule has 0 bridgehead atoms. The second-order valence-corrected chi connectivity index (χ2v) is 5.60. The van der Waals surface area contributed by atoms with E-state index in [1.807, 2.05) is 0 Å². The van der Waals surface area contributed by atoms with Gasteiger partial charge in [0.1, 0.15) is 10.8 Å². The van der Waals surface area contributed by atoms with Gasteiger partial charge in [-0.1, -0.05) is 0 Å². The lowest BCUT2D eigenvalue weighted by molar-refractivity contribution is 0.629. The summed E-state index contributed by atoms with van der Waals surface area (Å²) in [4.78, 5) is 4.37. The minimum absolute atomic E-state index is 0.0343. The van der Waals surface area contributed by atoms with Crippen molar-refractivity contribution in [3.63, 3.8) is 0 Å². The summed E-state index contributed by atoms with van der Waals surface area (Å²) in [6.07, 6.45) is 2.96. The SMILES string of the molecule is CSCCC(N)c1nc2cc(F)ccc2s1. The Hall–Kier alpha value is -0.650. The maximum Gasteiger partial charge on any atom is 0.125 e. The quantitative estimate of drug-likeness (QED) is 0.913. The van der Waals surface area contributed by atoms with Crippen molar-refractivity contribution in [2.24, 2.45) is 5.73 Å². The maximum atomic E-state index is 13.0. The van der Waals surface area contributed by atoms with Crippen molar-refractivity contribution in [2.75, 3.05) is 12.0 Å². The van der Waals surface area contributed by atoms with Gasteiger partial charge in [-0.2, -0.15) is 11.8 Å². The van der Waals surface area contributed by atoms with Crippen LogP contribution >= 0.6 is 23.1 Å². The fourth-order valence-corrected chi connectivity index (χ4v) is 2.92. The summed E-state index contributed by atoms with van der Waals surface area (Å²) in [7, 11) is 0. The molecule has 16 heavy (non-hydrogen) atoms. The first-order valence-electron chi connectivity index (χ1n) is 5.01. The molecular weight excluding hydrogens is 243 g/mol. The molecule has 1 heterocycles. The van der Waals surface area contributed by atoms with Gasteiger partial charge in [-0.25, -0.2) is 9.37 Å². The molecule has 2 rings (SSSR count). The first kappa shape index (κ1) is 11.8. The van der Waals surface area contributed by atoms with Crippen molar-refractivity contribution >= 4 is 33.3 Å². The largest absolute Gasteiger partial charge is 0.322 e. The zero-order valence-electron chi connectivity index (χ0n) is 8.94. The van der Waals surface area contributed by atoms with E-state index in [0.717, 1.165) is 21.9 Å². The number of hydrogen-bond acceptors (Lipinski definition) is 4. The van der Waals surface area contributed by atoms with Crippen LogP contribution in [0.1, 0.15) is 17.5 Å². The second kappa shape index (κ2) is 5.12. The highest BCUT2D eigenvalue weighted by molar-refractivity contribution is 7.98. The monoisotopic (exact) mass is 256 g/mol. The average molecular weight is 256 g/mol. The Morgan fingerprint density at radius 1 is 1.56 bits per heavy atom. The number of nitrogens with zero attached hydrogens (tertiary/aromatic N) is 1. The van der Waals surface area contributed by atoms with E-state index in [1.165, 1.54) is 12.1 Å². The number of aromatic nitrogens is 1. The van der Waals surface area contributed by atoms with E-state index in [9.17, 15) is 4.39 Å². The van der Waals surface area contributed by atoms with Gasteiger partial charge in [-0.3, -0.25) is 0 Å². The number of hydrogen-bond donors (Lipinski definition) is 1. The molecule has 1 atom stereocenters. The molecule has 1 aromatic carbocycles. The van der Waals surface area contributed by atoms with E-state index in [1.54, 1.807) is 29.2 Å². The molecule has 1 unspecified atom stereocenters. The Bertz CT molecular complexity index is 484. The molecule has 0 fully saturated rings. The molecule has 2 nitrogen and oxygen atoms in total. The van der Waals surface area contributed by atoms with Gasteiger partial charge >= 0.3 is 0 Å². The molecule has 2 aromatic rings. The smallest absolute Gasteiger partial charge is 0.125 e. The van der Waals surface area contributed by atoms with Crippen molar-refractivity contribution in [3.05, 3.63) is 29.0 Å². The van der Waals surface area contributed by atoms with E-state index in [2.05, 4.69) is 11.2 Å². The molecule has 86 valence electrons. The molecular formula is C11H13FN2S2. The van der Waals surface area contributed by atoms with Gasteiger partial charge in [0.2, 0.25) is 0 Å². The highest BCUT2D eigenvalue weighted by Gasteiger charge is 2.11. The molecule has 0 spiro atoms. The Labute approximate surface area is 102 Å². The van der Waals surface area contributed by atoms with Crippen LogP contribution in [-0.2, 0) is 0 Å². The zero-order valence-corrected chi connectivity index (χ0v) is 10.6. The normalized spacial score (nSPS) is 13.2. The minimum atomic E-state index is -0.248. The molecule has 5 heteroatoms. The lowest BCUT2D eigenvalue weighted by atomic mass is 10.2. The van der Waals surface area contributed by atoms with E-state index in [4.69, 9.17) is 5.73 Å². The van der Waals surface area contributed by atoms with Gasteiger partial charge in [-0.05, 0) is 30.6 Å². The standard InChI is InChI=1S/C11H13FN2S2/c1-15-5-4-8(13)11-14-9-6-7(12)2-3-10(9)16-11/h2-3,6,8H,4-5,13H2,1H3. The number of rotatable bonds is 4. The highest BCUT2D eigenvalue weighted by Crippen LogP contribution is 2.27. The van der Waals surface area contributed by atoms with Crippen molar-refractivity contribution in [3.8, 4) is 0 Å². The zero-order chi connectivity index (χ0) is 11.5. The lowest BCUT2D eigenvalue weighted by Gasteiger charge is -2.05. The Morgan fingerprint density at radius 3 is 3.12 bits per heavy atom. The molecule has 0 saturated heterocycles. The molecule has 0 amide bonds. The fourth-order valence-electron chi connectivity index (χ4n) is 1.45. The first-order valence-corrected chi connectivity index (χ1v) is 7.22. The lowest BCUT2D eigenvalue weighted by Crippen LogP contribution is -2.10. The number of benzene rings is 1. The maximum absolute atomic E-state index is 13.0. The Morgan fingerprint density at radius 2 is 2.38 bits per heavy atom. The molecule has 0 radical (unpaired) electrons. The van der Waals surface area contributed by atoms with Crippen LogP contribution in [0, 0.1) is 5.82 Å². The van der Waals surface area contributed by atoms with E-state index < -0.39 is 0 Å². The van der Waals surface area contributed by atoms with Gasteiger partial charge in [0.25, 0.3) is 0 Å². The summed E-state index contributed by atoms with van der Waals surface area (Å²) >= 11 is 3.32. The summed E-state index contributed by atoms with van der Waals surface area (Å²) in [6.45, 7) is 0. The van der Waals surface area contributed by atoms with Crippen molar-refractivity contribution in [2.45, 2.75) is 12.5 Å². The van der Waals surface area contributed by atoms with Gasteiger partial charge in [0.05, 0.1) is 16.3 Å². The first-order chi connectivity index (χ1) is 7.70. The fraction of sp³-hybridized carbons (Fsp3) is 0.364. The van der Waals surface area contributed by atoms with Gasteiger partial charge < -0.3 is 5.73 Å². The van der Waals surface area contributed by atoms with Crippen LogP contribution in [0.2, 0.25) is 0 Å². The third-order valence-corrected chi connectivity index (χ3v) is 4.13. The van der Waals surface area contributed by atoms with Gasteiger partial charge in [0, 0.05) is 6.07 Å². The van der Waals surface area contributed by atoms with Crippen molar-refractivity contribution in [1.29, 1.82) is 0 Å². The second-order valence-electron chi connectivity index (χ2n) is 3.55. The van der Waals surface area contributed by atoms with E-state index in [-0.39, 0.29) is 11.9 Å². The minimum Gasteiger partial charge on any atom is -0.322 e. The van der Waals surface area contributed by atoms with Crippen molar-refractivity contribution < 1.29 is 4.39 Å². The molecule has 0 aliphatic heterocycles. The number of thioether (sulfide) groups is 1. The molecule has 0 aliphatic rings. The molecule has 0 aliphatic carbocycles. The predicted octanol–water partition coefficient (Wildman–Crippen LogP) is 3.19. The number of halogens is 1. The van der Waals surface area contributed by atoms with Crippen LogP contribution in [0.25, 0.3) is 10.2 Å². The van der Waals surface area contributed by atoms with Crippen LogP contribution in [0.15, 0.2) is 18.2 Å². The number of thiazole rings is 1. The summed E-state index contributed by atoms with van der Waals surface area (Å²) in [5.41, 5.74) is 6.73. The average Bonchev–Trinajstić information content (AvgIpc) is 2.68. The predicted molar refractivity (Wildman–Crippen MR) is 69.5 cm³/mol. The molecule has 1 aromatic heterocycles. The number of nitrogens with two attached hydrogens (primary N) is 1. The summed E-state index contributed by atoms with van der Waals surface area (Å²) < 4.78 is 14.0. The summed E-state index contributed by atoms with van der Waals surface area (Å²) in [5.74, 6) is 0.771. The van der Waals surface area contributed by atoms with Crippen LogP contribution in [0.4, 0.5) is 4.39 Å². The van der Waals surface area contributed by atoms with Gasteiger partial charge in [-0.15, -0.1) is 11.3 Å². The van der Waals surface area contributed by atoms with Crippen molar-refractivity contribution in [1.82, 2.24) is 4.98 Å². The van der Waals surface area contributed by atoms with Crippen LogP contribution in [0.3, 0.4) is 0 Å². The van der Waals surface area contributed by atoms with E-state index in [0.29, 0.717) is 5.52 Å². The Balaban J connectivity index is 2.25.